The zero-order valence-corrected chi connectivity index (χ0v) is 10.6. The molecule has 0 bridgehead atoms. The number of carbonyl (C=O) groups is 1. The number of aliphatic carboxylic acids is 1. The second kappa shape index (κ2) is 6.71. The van der Waals surface area contributed by atoms with Crippen molar-refractivity contribution in [1.82, 2.24) is 0 Å². The van der Waals surface area contributed by atoms with E-state index in [0.717, 1.165) is 12.0 Å². The van der Waals surface area contributed by atoms with Crippen molar-refractivity contribution in [2.45, 2.75) is 6.42 Å². The second-order valence-corrected chi connectivity index (χ2v) is 4.26. The first-order valence-corrected chi connectivity index (χ1v) is 6.19. The van der Waals surface area contributed by atoms with Gasteiger partial charge in [-0.05, 0) is 23.1 Å². The normalized spacial score (nSPS) is 10.3. The van der Waals surface area contributed by atoms with Gasteiger partial charge in [-0.25, -0.2) is 4.79 Å². The lowest BCUT2D eigenvalue weighted by atomic mass is 10.0. The average molecular weight is 256 g/mol. The van der Waals surface area contributed by atoms with E-state index >= 15 is 0 Å². The summed E-state index contributed by atoms with van der Waals surface area (Å²) >= 11 is 0. The summed E-state index contributed by atoms with van der Waals surface area (Å²) in [6.45, 7) is 0.194. The van der Waals surface area contributed by atoms with Crippen molar-refractivity contribution in [2.24, 2.45) is 0 Å². The largest absolute Gasteiger partial charge is 0.480 e. The molecule has 98 valence electrons. The summed E-state index contributed by atoms with van der Waals surface area (Å²) in [5, 5.41) is 8.45. The van der Waals surface area contributed by atoms with E-state index in [1.54, 1.807) is 0 Å². The number of rotatable bonds is 6. The Bertz CT molecular complexity index is 517. The van der Waals surface area contributed by atoms with Gasteiger partial charge < -0.3 is 9.84 Å². The maximum absolute atomic E-state index is 10.3. The molecule has 0 aliphatic carbocycles. The standard InChI is InChI=1S/C16H16O3/c17-16(18)12-19-11-10-13-6-8-15(9-7-13)14-4-2-1-3-5-14/h1-9H,10-12H2,(H,17,18). The van der Waals surface area contributed by atoms with E-state index in [0.29, 0.717) is 6.61 Å². The van der Waals surface area contributed by atoms with Gasteiger partial charge >= 0.3 is 5.97 Å². The number of ether oxygens (including phenoxy) is 1. The summed E-state index contributed by atoms with van der Waals surface area (Å²) in [7, 11) is 0. The lowest BCUT2D eigenvalue weighted by Crippen LogP contribution is -2.08. The summed E-state index contributed by atoms with van der Waals surface area (Å²) in [5.74, 6) is -0.931. The van der Waals surface area contributed by atoms with Gasteiger partial charge in [0, 0.05) is 0 Å². The Morgan fingerprint density at radius 3 is 2.21 bits per heavy atom. The van der Waals surface area contributed by atoms with E-state index in [2.05, 4.69) is 24.3 Å². The Hall–Kier alpha value is -2.13. The van der Waals surface area contributed by atoms with Gasteiger partial charge in [-0.15, -0.1) is 0 Å². The molecule has 1 N–H and O–H groups in total. The third-order valence-electron chi connectivity index (χ3n) is 2.82. The highest BCUT2D eigenvalue weighted by Gasteiger charge is 1.99. The van der Waals surface area contributed by atoms with Gasteiger partial charge in [0.25, 0.3) is 0 Å². The van der Waals surface area contributed by atoms with Gasteiger partial charge in [-0.1, -0.05) is 54.6 Å². The minimum atomic E-state index is -0.931. The molecule has 0 aliphatic rings. The van der Waals surface area contributed by atoms with E-state index in [1.807, 2.05) is 30.3 Å². The minimum Gasteiger partial charge on any atom is -0.480 e. The summed E-state index contributed by atoms with van der Waals surface area (Å²) in [5.41, 5.74) is 3.51. The lowest BCUT2D eigenvalue weighted by Gasteiger charge is -2.05. The van der Waals surface area contributed by atoms with Crippen molar-refractivity contribution in [3.8, 4) is 11.1 Å². The smallest absolute Gasteiger partial charge is 0.329 e. The molecule has 19 heavy (non-hydrogen) atoms. The molecule has 2 aromatic rings. The molecule has 2 aromatic carbocycles. The van der Waals surface area contributed by atoms with Crippen LogP contribution in [0.15, 0.2) is 54.6 Å². The molecule has 2 rings (SSSR count). The Balaban J connectivity index is 1.90. The number of carboxylic acid groups (broad SMARTS) is 1. The Morgan fingerprint density at radius 2 is 1.58 bits per heavy atom. The fraction of sp³-hybridized carbons (Fsp3) is 0.188. The molecule has 0 amide bonds. The molecule has 0 atom stereocenters. The van der Waals surface area contributed by atoms with Gasteiger partial charge in [0.1, 0.15) is 6.61 Å². The molecule has 3 heteroatoms. The first kappa shape index (κ1) is 13.3. The number of carboxylic acids is 1. The summed E-state index contributed by atoms with van der Waals surface area (Å²) in [4.78, 5) is 10.3. The van der Waals surface area contributed by atoms with Crippen molar-refractivity contribution < 1.29 is 14.6 Å². The molecule has 0 fully saturated rings. The third-order valence-corrected chi connectivity index (χ3v) is 2.82. The molecule has 3 nitrogen and oxygen atoms in total. The molecule has 0 heterocycles. The van der Waals surface area contributed by atoms with Crippen molar-refractivity contribution in [3.63, 3.8) is 0 Å². The van der Waals surface area contributed by atoms with Crippen molar-refractivity contribution in [1.29, 1.82) is 0 Å². The van der Waals surface area contributed by atoms with E-state index in [-0.39, 0.29) is 6.61 Å². The molecule has 0 saturated heterocycles. The number of hydrogen-bond donors (Lipinski definition) is 1. The Kier molecular flexibility index (Phi) is 4.70. The summed E-state index contributed by atoms with van der Waals surface area (Å²) in [6, 6.07) is 18.4. The van der Waals surface area contributed by atoms with Gasteiger partial charge in [-0.2, -0.15) is 0 Å². The van der Waals surface area contributed by atoms with Crippen molar-refractivity contribution in [3.05, 3.63) is 60.2 Å². The highest BCUT2D eigenvalue weighted by Crippen LogP contribution is 2.19. The maximum atomic E-state index is 10.3. The van der Waals surface area contributed by atoms with Crippen LogP contribution < -0.4 is 0 Å². The topological polar surface area (TPSA) is 46.5 Å². The third kappa shape index (κ3) is 4.23. The number of hydrogen-bond acceptors (Lipinski definition) is 2. The first-order valence-electron chi connectivity index (χ1n) is 6.19. The van der Waals surface area contributed by atoms with Crippen LogP contribution in [0.25, 0.3) is 11.1 Å². The SMILES string of the molecule is O=C(O)COCCc1ccc(-c2ccccc2)cc1. The minimum absolute atomic E-state index is 0.234. The fourth-order valence-electron chi connectivity index (χ4n) is 1.84. The van der Waals surface area contributed by atoms with Crippen molar-refractivity contribution >= 4 is 5.97 Å². The van der Waals surface area contributed by atoms with Crippen LogP contribution >= 0.6 is 0 Å². The second-order valence-electron chi connectivity index (χ2n) is 4.26. The van der Waals surface area contributed by atoms with E-state index in [1.165, 1.54) is 11.1 Å². The van der Waals surface area contributed by atoms with Crippen LogP contribution in [0.5, 0.6) is 0 Å². The van der Waals surface area contributed by atoms with Gasteiger partial charge in [0.15, 0.2) is 0 Å². The molecule has 0 aliphatic heterocycles. The Morgan fingerprint density at radius 1 is 0.947 bits per heavy atom. The quantitative estimate of drug-likeness (QED) is 0.808. The summed E-state index contributed by atoms with van der Waals surface area (Å²) in [6.07, 6.45) is 0.725. The van der Waals surface area contributed by atoms with Crippen LogP contribution in [0.3, 0.4) is 0 Å². The van der Waals surface area contributed by atoms with Crippen LogP contribution in [0.1, 0.15) is 5.56 Å². The molecule has 0 aromatic heterocycles. The molecule has 0 spiro atoms. The molecule has 0 radical (unpaired) electrons. The molecular formula is C16H16O3. The van der Waals surface area contributed by atoms with Crippen LogP contribution in [0.4, 0.5) is 0 Å². The summed E-state index contributed by atoms with van der Waals surface area (Å²) < 4.78 is 5.01. The van der Waals surface area contributed by atoms with E-state index in [4.69, 9.17) is 9.84 Å². The van der Waals surface area contributed by atoms with Gasteiger partial charge in [0.2, 0.25) is 0 Å². The van der Waals surface area contributed by atoms with Crippen LogP contribution in [-0.2, 0) is 16.0 Å². The van der Waals surface area contributed by atoms with Crippen molar-refractivity contribution in [2.75, 3.05) is 13.2 Å². The Labute approximate surface area is 112 Å². The first-order chi connectivity index (χ1) is 9.25. The zero-order valence-electron chi connectivity index (χ0n) is 10.6. The van der Waals surface area contributed by atoms with Crippen LogP contribution in [-0.4, -0.2) is 24.3 Å². The predicted molar refractivity (Wildman–Crippen MR) is 74.0 cm³/mol. The molecule has 0 saturated carbocycles. The molecular weight excluding hydrogens is 240 g/mol. The predicted octanol–water partition coefficient (Wildman–Crippen LogP) is 3.00. The van der Waals surface area contributed by atoms with Gasteiger partial charge in [0.05, 0.1) is 6.61 Å². The average Bonchev–Trinajstić information content (AvgIpc) is 2.45. The van der Waals surface area contributed by atoms with Crippen LogP contribution in [0, 0.1) is 0 Å². The molecule has 0 unspecified atom stereocenters. The zero-order chi connectivity index (χ0) is 13.5. The monoisotopic (exact) mass is 256 g/mol. The maximum Gasteiger partial charge on any atom is 0.329 e. The fourth-order valence-corrected chi connectivity index (χ4v) is 1.84. The number of benzene rings is 2. The van der Waals surface area contributed by atoms with E-state index in [9.17, 15) is 4.79 Å². The van der Waals surface area contributed by atoms with Crippen LogP contribution in [0.2, 0.25) is 0 Å². The van der Waals surface area contributed by atoms with Gasteiger partial charge in [-0.3, -0.25) is 0 Å². The lowest BCUT2D eigenvalue weighted by molar-refractivity contribution is -0.142. The highest BCUT2D eigenvalue weighted by molar-refractivity contribution is 5.68. The highest BCUT2D eigenvalue weighted by atomic mass is 16.5. The van der Waals surface area contributed by atoms with E-state index < -0.39 is 5.97 Å².